The van der Waals surface area contributed by atoms with Gasteiger partial charge in [-0.05, 0) is 30.3 Å². The molecule has 0 saturated carbocycles. The van der Waals surface area contributed by atoms with E-state index in [1.807, 2.05) is 0 Å². The van der Waals surface area contributed by atoms with E-state index in [2.05, 4.69) is 15.1 Å². The van der Waals surface area contributed by atoms with Gasteiger partial charge in [0.2, 0.25) is 10.0 Å². The van der Waals surface area contributed by atoms with E-state index in [1.54, 1.807) is 18.2 Å². The first-order valence-corrected chi connectivity index (χ1v) is 9.94. The minimum absolute atomic E-state index is 0.0838. The van der Waals surface area contributed by atoms with E-state index in [9.17, 15) is 17.6 Å². The van der Waals surface area contributed by atoms with Crippen molar-refractivity contribution in [1.29, 1.82) is 0 Å². The molecule has 2 aromatic carbocycles. The van der Waals surface area contributed by atoms with Gasteiger partial charge < -0.3 is 10.1 Å². The van der Waals surface area contributed by atoms with Gasteiger partial charge in [0, 0.05) is 18.0 Å². The van der Waals surface area contributed by atoms with Crippen molar-refractivity contribution in [2.45, 2.75) is 0 Å². The molecule has 3 aromatic rings. The number of aromatic nitrogens is 2. The third-order valence-electron chi connectivity index (χ3n) is 3.68. The SMILES string of the molecule is COc1cc(NC(=O)c2ccn(-c3ccccc3F)n2)ccc1NS(C)(=O)=O. The summed E-state index contributed by atoms with van der Waals surface area (Å²) >= 11 is 0. The fraction of sp³-hybridized carbons (Fsp3) is 0.111. The lowest BCUT2D eigenvalue weighted by Crippen LogP contribution is -2.14. The van der Waals surface area contributed by atoms with Crippen molar-refractivity contribution in [1.82, 2.24) is 9.78 Å². The van der Waals surface area contributed by atoms with Gasteiger partial charge >= 0.3 is 0 Å². The van der Waals surface area contributed by atoms with Gasteiger partial charge in [0.1, 0.15) is 17.3 Å². The van der Waals surface area contributed by atoms with Crippen LogP contribution in [0.5, 0.6) is 5.75 Å². The lowest BCUT2D eigenvalue weighted by Gasteiger charge is -2.12. The maximum atomic E-state index is 13.8. The van der Waals surface area contributed by atoms with Crippen molar-refractivity contribution in [3.8, 4) is 11.4 Å². The molecule has 10 heteroatoms. The Labute approximate surface area is 161 Å². The molecule has 8 nitrogen and oxygen atoms in total. The Hall–Kier alpha value is -3.40. The standard InChI is InChI=1S/C18H17FN4O4S/c1-27-17-11-12(7-8-14(17)22-28(2,25)26)20-18(24)15-9-10-23(21-15)16-6-4-3-5-13(16)19/h3-11,22H,1-2H3,(H,20,24). The summed E-state index contributed by atoms with van der Waals surface area (Å²) < 4.78 is 45.4. The molecule has 0 fully saturated rings. The molecule has 0 radical (unpaired) electrons. The van der Waals surface area contributed by atoms with Gasteiger partial charge in [-0.3, -0.25) is 9.52 Å². The van der Waals surface area contributed by atoms with E-state index in [1.165, 1.54) is 48.3 Å². The summed E-state index contributed by atoms with van der Waals surface area (Å²) in [5, 5.41) is 6.72. The van der Waals surface area contributed by atoms with Crippen LogP contribution in [0, 0.1) is 5.82 Å². The summed E-state index contributed by atoms with van der Waals surface area (Å²) in [4.78, 5) is 12.4. The van der Waals surface area contributed by atoms with Crippen LogP contribution in [0.15, 0.2) is 54.7 Å². The number of rotatable bonds is 6. The fourth-order valence-electron chi connectivity index (χ4n) is 2.46. The molecule has 0 saturated heterocycles. The number of carbonyl (C=O) groups excluding carboxylic acids is 1. The average Bonchev–Trinajstić information content (AvgIpc) is 3.12. The first-order chi connectivity index (χ1) is 13.3. The first-order valence-electron chi connectivity index (χ1n) is 8.04. The Morgan fingerprint density at radius 1 is 1.18 bits per heavy atom. The predicted molar refractivity (Wildman–Crippen MR) is 103 cm³/mol. The number of ether oxygens (including phenoxy) is 1. The number of sulfonamides is 1. The second kappa shape index (κ2) is 7.69. The van der Waals surface area contributed by atoms with Crippen LogP contribution < -0.4 is 14.8 Å². The van der Waals surface area contributed by atoms with Crippen LogP contribution in [0.4, 0.5) is 15.8 Å². The van der Waals surface area contributed by atoms with Crippen LogP contribution in [0.25, 0.3) is 5.69 Å². The summed E-state index contributed by atoms with van der Waals surface area (Å²) in [5.74, 6) is -0.739. The molecule has 1 aromatic heterocycles. The topological polar surface area (TPSA) is 102 Å². The van der Waals surface area contributed by atoms with Crippen molar-refractivity contribution in [2.75, 3.05) is 23.4 Å². The Morgan fingerprint density at radius 2 is 1.93 bits per heavy atom. The molecule has 146 valence electrons. The Bertz CT molecular complexity index is 1130. The Morgan fingerprint density at radius 3 is 2.61 bits per heavy atom. The number of anilines is 2. The van der Waals surface area contributed by atoms with E-state index in [0.717, 1.165) is 6.26 Å². The van der Waals surface area contributed by atoms with Gasteiger partial charge in [-0.1, -0.05) is 12.1 Å². The van der Waals surface area contributed by atoms with Crippen LogP contribution in [0.1, 0.15) is 10.5 Å². The zero-order chi connectivity index (χ0) is 20.3. The highest BCUT2D eigenvalue weighted by Gasteiger charge is 2.14. The van der Waals surface area contributed by atoms with E-state index >= 15 is 0 Å². The number of nitrogens with zero attached hydrogens (tertiary/aromatic N) is 2. The lowest BCUT2D eigenvalue weighted by atomic mass is 10.2. The fourth-order valence-corrected chi connectivity index (χ4v) is 3.03. The second-order valence-corrected chi connectivity index (χ2v) is 7.59. The average molecular weight is 404 g/mol. The molecular weight excluding hydrogens is 387 g/mol. The van der Waals surface area contributed by atoms with Crippen LogP contribution in [-0.2, 0) is 10.0 Å². The van der Waals surface area contributed by atoms with Gasteiger partial charge in [-0.15, -0.1) is 0 Å². The van der Waals surface area contributed by atoms with E-state index in [4.69, 9.17) is 4.74 Å². The van der Waals surface area contributed by atoms with E-state index in [-0.39, 0.29) is 22.8 Å². The molecule has 3 rings (SSSR count). The zero-order valence-corrected chi connectivity index (χ0v) is 15.8. The smallest absolute Gasteiger partial charge is 0.276 e. The Kier molecular flexibility index (Phi) is 5.32. The second-order valence-electron chi connectivity index (χ2n) is 5.84. The molecule has 0 aliphatic heterocycles. The maximum absolute atomic E-state index is 13.8. The number of hydrogen-bond donors (Lipinski definition) is 2. The maximum Gasteiger partial charge on any atom is 0.276 e. The minimum atomic E-state index is -3.48. The molecular formula is C18H17FN4O4S. The quantitative estimate of drug-likeness (QED) is 0.658. The largest absolute Gasteiger partial charge is 0.494 e. The number of halogens is 1. The third-order valence-corrected chi connectivity index (χ3v) is 4.27. The van der Waals surface area contributed by atoms with Crippen LogP contribution in [0.2, 0.25) is 0 Å². The lowest BCUT2D eigenvalue weighted by molar-refractivity contribution is 0.102. The zero-order valence-electron chi connectivity index (χ0n) is 15.0. The minimum Gasteiger partial charge on any atom is -0.494 e. The van der Waals surface area contributed by atoms with Crippen molar-refractivity contribution >= 4 is 27.3 Å². The highest BCUT2D eigenvalue weighted by atomic mass is 32.2. The predicted octanol–water partition coefficient (Wildman–Crippen LogP) is 2.64. The Balaban J connectivity index is 1.79. The normalized spacial score (nSPS) is 11.1. The van der Waals surface area contributed by atoms with Crippen LogP contribution >= 0.6 is 0 Å². The van der Waals surface area contributed by atoms with Gasteiger partial charge in [-0.25, -0.2) is 17.5 Å². The van der Waals surface area contributed by atoms with E-state index < -0.39 is 21.7 Å². The molecule has 1 heterocycles. The van der Waals surface area contributed by atoms with E-state index in [0.29, 0.717) is 5.69 Å². The van der Waals surface area contributed by atoms with Gasteiger partial charge in [0.15, 0.2) is 5.69 Å². The molecule has 1 amide bonds. The molecule has 2 N–H and O–H groups in total. The highest BCUT2D eigenvalue weighted by molar-refractivity contribution is 7.92. The molecule has 0 aliphatic rings. The third kappa shape index (κ3) is 4.46. The molecule has 0 atom stereocenters. The van der Waals surface area contributed by atoms with Gasteiger partial charge in [-0.2, -0.15) is 5.10 Å². The summed E-state index contributed by atoms with van der Waals surface area (Å²) in [6.07, 6.45) is 2.50. The van der Waals surface area contributed by atoms with Crippen molar-refractivity contribution in [3.63, 3.8) is 0 Å². The number of methoxy groups -OCH3 is 1. The highest BCUT2D eigenvalue weighted by Crippen LogP contribution is 2.28. The molecule has 0 bridgehead atoms. The number of hydrogen-bond acceptors (Lipinski definition) is 5. The number of amides is 1. The molecule has 0 aliphatic carbocycles. The molecule has 0 spiro atoms. The molecule has 28 heavy (non-hydrogen) atoms. The monoisotopic (exact) mass is 404 g/mol. The number of para-hydroxylation sites is 1. The van der Waals surface area contributed by atoms with Crippen molar-refractivity contribution < 1.29 is 22.3 Å². The molecule has 0 unspecified atom stereocenters. The van der Waals surface area contributed by atoms with Crippen molar-refractivity contribution in [2.24, 2.45) is 0 Å². The van der Waals surface area contributed by atoms with Crippen LogP contribution in [-0.4, -0.2) is 37.5 Å². The number of nitrogens with one attached hydrogen (secondary N) is 2. The van der Waals surface area contributed by atoms with Gasteiger partial charge in [0.25, 0.3) is 5.91 Å². The summed E-state index contributed by atoms with van der Waals surface area (Å²) in [5.41, 5.74) is 0.924. The van der Waals surface area contributed by atoms with Gasteiger partial charge in [0.05, 0.1) is 19.1 Å². The van der Waals surface area contributed by atoms with Crippen molar-refractivity contribution in [3.05, 3.63) is 66.2 Å². The first kappa shape index (κ1) is 19.4. The number of carbonyl (C=O) groups is 1. The summed E-state index contributed by atoms with van der Waals surface area (Å²) in [7, 11) is -2.10. The number of benzene rings is 2. The summed E-state index contributed by atoms with van der Waals surface area (Å²) in [6, 6.07) is 12.0. The van der Waals surface area contributed by atoms with Crippen LogP contribution in [0.3, 0.4) is 0 Å². The summed E-state index contributed by atoms with van der Waals surface area (Å²) in [6.45, 7) is 0.